The zero-order valence-electron chi connectivity index (χ0n) is 13.5. The third kappa shape index (κ3) is 4.66. The molecule has 0 bridgehead atoms. The number of carbonyl (C=O) groups excluding carboxylic acids is 1. The van der Waals surface area contributed by atoms with Gasteiger partial charge in [0.15, 0.2) is 0 Å². The molecule has 3 unspecified atom stereocenters. The van der Waals surface area contributed by atoms with Crippen molar-refractivity contribution < 1.29 is 14.3 Å². The molecule has 0 aromatic rings. The van der Waals surface area contributed by atoms with Gasteiger partial charge in [0.05, 0.1) is 12.5 Å². The Hall–Kier alpha value is -1.71. The van der Waals surface area contributed by atoms with E-state index in [0.29, 0.717) is 13.0 Å². The second-order valence-electron chi connectivity index (χ2n) is 6.12. The molecule has 0 N–H and O–H groups in total. The summed E-state index contributed by atoms with van der Waals surface area (Å²) in [5, 5.41) is 0. The van der Waals surface area contributed by atoms with Crippen LogP contribution >= 0.6 is 0 Å². The van der Waals surface area contributed by atoms with Gasteiger partial charge in [0.25, 0.3) is 0 Å². The lowest BCUT2D eigenvalue weighted by atomic mass is 10.1. The number of carbonyl (C=O) groups is 1. The molecule has 1 aliphatic carbocycles. The van der Waals surface area contributed by atoms with Gasteiger partial charge in [0.1, 0.15) is 0 Å². The second kappa shape index (κ2) is 7.34. The number of rotatable bonds is 5. The number of esters is 1. The molecule has 3 atom stereocenters. The highest BCUT2D eigenvalue weighted by Crippen LogP contribution is 2.59. The fraction of sp³-hybridized carbons (Fsp3) is 0.611. The molecule has 1 saturated carbocycles. The molecule has 21 heavy (non-hydrogen) atoms. The van der Waals surface area contributed by atoms with Crippen molar-refractivity contribution >= 4 is 5.97 Å². The fourth-order valence-corrected chi connectivity index (χ4v) is 2.41. The van der Waals surface area contributed by atoms with E-state index in [4.69, 9.17) is 15.9 Å². The number of hydrogen-bond donors (Lipinski definition) is 0. The van der Waals surface area contributed by atoms with Crippen LogP contribution < -0.4 is 0 Å². The summed E-state index contributed by atoms with van der Waals surface area (Å²) >= 11 is 0. The standard InChI is InChI=1S/C18H24O3/c1-7-14(10-8-9-11-20-6)21-17(19)16-15(12-13(2)3)18(16,4)5/h1,12,14-16H,9,11H2,2-6H3. The topological polar surface area (TPSA) is 35.5 Å². The normalized spacial score (nSPS) is 23.0. The first-order valence-corrected chi connectivity index (χ1v) is 7.13. The Morgan fingerprint density at radius 1 is 1.43 bits per heavy atom. The van der Waals surface area contributed by atoms with E-state index >= 15 is 0 Å². The number of methoxy groups -OCH3 is 1. The maximum atomic E-state index is 12.2. The van der Waals surface area contributed by atoms with Crippen molar-refractivity contribution in [2.75, 3.05) is 13.7 Å². The Morgan fingerprint density at radius 3 is 2.62 bits per heavy atom. The Labute approximate surface area is 128 Å². The monoisotopic (exact) mass is 288 g/mol. The van der Waals surface area contributed by atoms with E-state index in [-0.39, 0.29) is 23.2 Å². The average Bonchev–Trinajstić information content (AvgIpc) is 2.93. The highest BCUT2D eigenvalue weighted by Gasteiger charge is 2.61. The summed E-state index contributed by atoms with van der Waals surface area (Å²) in [5.74, 6) is 7.86. The van der Waals surface area contributed by atoms with E-state index < -0.39 is 6.10 Å². The van der Waals surface area contributed by atoms with Crippen LogP contribution in [-0.2, 0) is 14.3 Å². The van der Waals surface area contributed by atoms with E-state index in [1.807, 2.05) is 13.8 Å². The van der Waals surface area contributed by atoms with Crippen LogP contribution in [0.3, 0.4) is 0 Å². The van der Waals surface area contributed by atoms with Gasteiger partial charge < -0.3 is 9.47 Å². The van der Waals surface area contributed by atoms with E-state index in [1.165, 1.54) is 5.57 Å². The van der Waals surface area contributed by atoms with Crippen LogP contribution in [0.2, 0.25) is 0 Å². The van der Waals surface area contributed by atoms with Crippen LogP contribution in [0.1, 0.15) is 34.1 Å². The summed E-state index contributed by atoms with van der Waals surface area (Å²) in [5.41, 5.74) is 1.13. The molecule has 0 amide bonds. The third-order valence-corrected chi connectivity index (χ3v) is 3.73. The molecular weight excluding hydrogens is 264 g/mol. The van der Waals surface area contributed by atoms with E-state index in [2.05, 4.69) is 37.7 Å². The van der Waals surface area contributed by atoms with Crippen LogP contribution in [0.15, 0.2) is 11.6 Å². The van der Waals surface area contributed by atoms with Crippen molar-refractivity contribution in [1.82, 2.24) is 0 Å². The molecule has 3 nitrogen and oxygen atoms in total. The number of ether oxygens (including phenoxy) is 2. The number of allylic oxidation sites excluding steroid dienone is 2. The lowest BCUT2D eigenvalue weighted by Crippen LogP contribution is -2.18. The van der Waals surface area contributed by atoms with Gasteiger partial charge in [0.2, 0.25) is 6.10 Å². The summed E-state index contributed by atoms with van der Waals surface area (Å²) in [7, 11) is 1.61. The van der Waals surface area contributed by atoms with E-state index in [1.54, 1.807) is 7.11 Å². The van der Waals surface area contributed by atoms with Crippen LogP contribution in [0, 0.1) is 41.4 Å². The summed E-state index contributed by atoms with van der Waals surface area (Å²) in [6, 6.07) is 0. The molecule has 0 spiro atoms. The first-order valence-electron chi connectivity index (χ1n) is 7.13. The minimum absolute atomic E-state index is 0.0724. The Kier molecular flexibility index (Phi) is 6.06. The van der Waals surface area contributed by atoms with Crippen LogP contribution in [0.5, 0.6) is 0 Å². The minimum Gasteiger partial charge on any atom is -0.437 e. The van der Waals surface area contributed by atoms with Crippen LogP contribution in [0.4, 0.5) is 0 Å². The lowest BCUT2D eigenvalue weighted by Gasteiger charge is -2.07. The van der Waals surface area contributed by atoms with Crippen molar-refractivity contribution in [2.24, 2.45) is 17.3 Å². The van der Waals surface area contributed by atoms with Gasteiger partial charge in [-0.05, 0) is 37.0 Å². The van der Waals surface area contributed by atoms with E-state index in [9.17, 15) is 4.79 Å². The molecule has 0 saturated heterocycles. The maximum absolute atomic E-state index is 12.2. The minimum atomic E-state index is -0.780. The summed E-state index contributed by atoms with van der Waals surface area (Å²) in [6.45, 7) is 8.73. The van der Waals surface area contributed by atoms with Crippen molar-refractivity contribution in [3.05, 3.63) is 11.6 Å². The fourth-order valence-electron chi connectivity index (χ4n) is 2.41. The van der Waals surface area contributed by atoms with E-state index in [0.717, 1.165) is 0 Å². The van der Waals surface area contributed by atoms with Gasteiger partial charge in [-0.25, -0.2) is 0 Å². The SMILES string of the molecule is C#CC(C#CCCOC)OC(=O)C1C(C=C(C)C)C1(C)C. The molecule has 0 aliphatic heterocycles. The molecule has 1 aliphatic rings. The van der Waals surface area contributed by atoms with Gasteiger partial charge in [-0.15, -0.1) is 6.42 Å². The summed E-state index contributed by atoms with van der Waals surface area (Å²) < 4.78 is 10.2. The Morgan fingerprint density at radius 2 is 2.10 bits per heavy atom. The molecule has 0 aromatic heterocycles. The second-order valence-corrected chi connectivity index (χ2v) is 6.12. The van der Waals surface area contributed by atoms with Gasteiger partial charge in [0, 0.05) is 13.5 Å². The smallest absolute Gasteiger partial charge is 0.312 e. The van der Waals surface area contributed by atoms with Crippen molar-refractivity contribution in [3.8, 4) is 24.2 Å². The zero-order valence-corrected chi connectivity index (χ0v) is 13.5. The molecule has 0 aromatic carbocycles. The zero-order chi connectivity index (χ0) is 16.0. The molecule has 3 heteroatoms. The van der Waals surface area contributed by atoms with Gasteiger partial charge in [-0.3, -0.25) is 4.79 Å². The highest BCUT2D eigenvalue weighted by atomic mass is 16.5. The van der Waals surface area contributed by atoms with Crippen molar-refractivity contribution in [1.29, 1.82) is 0 Å². The summed E-state index contributed by atoms with van der Waals surface area (Å²) in [4.78, 5) is 12.2. The van der Waals surface area contributed by atoms with Crippen molar-refractivity contribution in [3.63, 3.8) is 0 Å². The third-order valence-electron chi connectivity index (χ3n) is 3.73. The largest absolute Gasteiger partial charge is 0.437 e. The summed E-state index contributed by atoms with van der Waals surface area (Å²) in [6.07, 6.45) is 7.28. The molecule has 0 radical (unpaired) electrons. The highest BCUT2D eigenvalue weighted by molar-refractivity contribution is 5.79. The van der Waals surface area contributed by atoms with Crippen LogP contribution in [0.25, 0.3) is 0 Å². The van der Waals surface area contributed by atoms with Crippen molar-refractivity contribution in [2.45, 2.75) is 40.2 Å². The van der Waals surface area contributed by atoms with Gasteiger partial charge >= 0.3 is 5.97 Å². The number of hydrogen-bond acceptors (Lipinski definition) is 3. The predicted molar refractivity (Wildman–Crippen MR) is 83.2 cm³/mol. The maximum Gasteiger partial charge on any atom is 0.312 e. The first-order chi connectivity index (χ1) is 9.84. The Balaban J connectivity index is 2.62. The lowest BCUT2D eigenvalue weighted by molar-refractivity contribution is -0.147. The van der Waals surface area contributed by atoms with Crippen LogP contribution in [-0.4, -0.2) is 25.8 Å². The number of terminal acetylenes is 1. The van der Waals surface area contributed by atoms with Gasteiger partial charge in [-0.2, -0.15) is 0 Å². The quantitative estimate of drug-likeness (QED) is 0.338. The Bertz CT molecular complexity index is 507. The average molecular weight is 288 g/mol. The van der Waals surface area contributed by atoms with Gasteiger partial charge in [-0.1, -0.05) is 31.4 Å². The first kappa shape index (κ1) is 17.3. The molecule has 114 valence electrons. The molecule has 0 heterocycles. The molecule has 1 rings (SSSR count). The predicted octanol–water partition coefficient (Wildman–Crippen LogP) is 2.81. The molecular formula is C18H24O3. The molecule has 1 fully saturated rings.